The van der Waals surface area contributed by atoms with Crippen LogP contribution in [0.2, 0.25) is 0 Å². The number of methoxy groups -OCH3 is 1. The molecule has 0 spiro atoms. The van der Waals surface area contributed by atoms with Crippen LogP contribution in [0.4, 0.5) is 0 Å². The number of hydrogen-bond acceptors (Lipinski definition) is 2. The molecule has 0 aliphatic rings. The van der Waals surface area contributed by atoms with Crippen LogP contribution in [0.3, 0.4) is 0 Å². The van der Waals surface area contributed by atoms with Gasteiger partial charge >= 0.3 is 0 Å². The fourth-order valence-electron chi connectivity index (χ4n) is 1.84. The quantitative estimate of drug-likeness (QED) is 0.823. The molecular weight excluding hydrogens is 246 g/mol. The van der Waals surface area contributed by atoms with Crippen LogP contribution in [0.5, 0.6) is 5.75 Å². The molecule has 2 aromatic rings. The third-order valence-corrected chi connectivity index (χ3v) is 2.94. The molecule has 0 fully saturated rings. The van der Waals surface area contributed by atoms with Crippen molar-refractivity contribution in [3.05, 3.63) is 71.4 Å². The van der Waals surface area contributed by atoms with E-state index in [9.17, 15) is 0 Å². The Balaban J connectivity index is 2.08. The highest BCUT2D eigenvalue weighted by atomic mass is 16.5. The van der Waals surface area contributed by atoms with Gasteiger partial charge in [-0.25, -0.2) is 0 Å². The van der Waals surface area contributed by atoms with E-state index in [1.165, 1.54) is 11.1 Å². The van der Waals surface area contributed by atoms with E-state index < -0.39 is 0 Å². The second-order valence-electron chi connectivity index (χ2n) is 4.40. The number of ether oxygens (including phenoxy) is 1. The molecule has 0 unspecified atom stereocenters. The Morgan fingerprint density at radius 1 is 0.850 bits per heavy atom. The summed E-state index contributed by atoms with van der Waals surface area (Å²) in [5.74, 6) is 0.875. The van der Waals surface area contributed by atoms with Crippen LogP contribution >= 0.6 is 0 Å². The zero-order chi connectivity index (χ0) is 14.2. The maximum atomic E-state index is 5.21. The van der Waals surface area contributed by atoms with Gasteiger partial charge in [0, 0.05) is 7.05 Å². The molecule has 0 aliphatic carbocycles. The Labute approximate surface area is 120 Å². The highest BCUT2D eigenvalue weighted by molar-refractivity contribution is 5.70. The average molecular weight is 265 g/mol. The maximum absolute atomic E-state index is 5.21. The van der Waals surface area contributed by atoms with Gasteiger partial charge in [-0.15, -0.1) is 0 Å². The first-order chi connectivity index (χ1) is 9.81. The average Bonchev–Trinajstić information content (AvgIpc) is 2.52. The van der Waals surface area contributed by atoms with Crippen LogP contribution in [0, 0.1) is 0 Å². The Morgan fingerprint density at radius 2 is 1.50 bits per heavy atom. The molecule has 2 nitrogen and oxygen atoms in total. The van der Waals surface area contributed by atoms with Crippen molar-refractivity contribution in [3.8, 4) is 5.75 Å². The van der Waals surface area contributed by atoms with E-state index in [1.807, 2.05) is 37.5 Å². The first-order valence-electron chi connectivity index (χ1n) is 6.58. The zero-order valence-electron chi connectivity index (χ0n) is 11.8. The van der Waals surface area contributed by atoms with Gasteiger partial charge in [0.25, 0.3) is 0 Å². The van der Waals surface area contributed by atoms with Crippen LogP contribution in [0.1, 0.15) is 16.7 Å². The lowest BCUT2D eigenvalue weighted by Crippen LogP contribution is -1.90. The predicted molar refractivity (Wildman–Crippen MR) is 86.5 cm³/mol. The fraction of sp³-hybridized carbons (Fsp3) is 0.111. The summed E-state index contributed by atoms with van der Waals surface area (Å²) in [5, 5.41) is 2.98. The standard InChI is InChI=1S/C18H19NO/c1-19-13-12-16-8-6-15(7-9-16)10-11-17-4-3-5-18(14-17)20-2/h3-14,19H,1-2H3/b11-10-,13-12-. The van der Waals surface area contributed by atoms with Crippen LogP contribution in [-0.4, -0.2) is 14.2 Å². The molecule has 0 atom stereocenters. The third-order valence-electron chi connectivity index (χ3n) is 2.94. The molecule has 1 N–H and O–H groups in total. The normalized spacial score (nSPS) is 11.1. The SMILES string of the molecule is CN/C=C\c1ccc(/C=C\c2cccc(OC)c2)cc1. The van der Waals surface area contributed by atoms with Gasteiger partial charge < -0.3 is 10.1 Å². The minimum atomic E-state index is 0.875. The van der Waals surface area contributed by atoms with Gasteiger partial charge in [0.05, 0.1) is 7.11 Å². The highest BCUT2D eigenvalue weighted by Crippen LogP contribution is 2.15. The molecule has 2 aromatic carbocycles. The number of rotatable bonds is 5. The van der Waals surface area contributed by atoms with Crippen molar-refractivity contribution in [2.75, 3.05) is 14.2 Å². The summed E-state index contributed by atoms with van der Waals surface area (Å²) in [4.78, 5) is 0. The number of benzene rings is 2. The van der Waals surface area contributed by atoms with Gasteiger partial charge in [-0.2, -0.15) is 0 Å². The lowest BCUT2D eigenvalue weighted by molar-refractivity contribution is 0.414. The van der Waals surface area contributed by atoms with E-state index in [2.05, 4.69) is 47.8 Å². The summed E-state index contributed by atoms with van der Waals surface area (Å²) in [6.07, 6.45) is 8.14. The van der Waals surface area contributed by atoms with Crippen LogP contribution < -0.4 is 10.1 Å². The molecule has 2 heteroatoms. The predicted octanol–water partition coefficient (Wildman–Crippen LogP) is 4.06. The molecule has 0 bridgehead atoms. The second-order valence-corrected chi connectivity index (χ2v) is 4.40. The van der Waals surface area contributed by atoms with Crippen LogP contribution in [0.25, 0.3) is 18.2 Å². The van der Waals surface area contributed by atoms with E-state index in [0.717, 1.165) is 11.3 Å². The smallest absolute Gasteiger partial charge is 0.119 e. The van der Waals surface area contributed by atoms with Gasteiger partial charge in [0.2, 0.25) is 0 Å². The van der Waals surface area contributed by atoms with Gasteiger partial charge in [-0.05, 0) is 41.1 Å². The van der Waals surface area contributed by atoms with Crippen molar-refractivity contribution in [1.82, 2.24) is 5.32 Å². The molecule has 102 valence electrons. The van der Waals surface area contributed by atoms with Crippen LogP contribution in [-0.2, 0) is 0 Å². The molecule has 0 amide bonds. The summed E-state index contributed by atoms with van der Waals surface area (Å²) < 4.78 is 5.21. The van der Waals surface area contributed by atoms with E-state index in [0.29, 0.717) is 0 Å². The Morgan fingerprint density at radius 3 is 2.15 bits per heavy atom. The van der Waals surface area contributed by atoms with Gasteiger partial charge in [0.1, 0.15) is 5.75 Å². The monoisotopic (exact) mass is 265 g/mol. The third kappa shape index (κ3) is 4.02. The lowest BCUT2D eigenvalue weighted by Gasteiger charge is -2.00. The van der Waals surface area contributed by atoms with Crippen molar-refractivity contribution < 1.29 is 4.74 Å². The van der Waals surface area contributed by atoms with Crippen LogP contribution in [0.15, 0.2) is 54.7 Å². The topological polar surface area (TPSA) is 21.3 Å². The Bertz CT molecular complexity index is 597. The van der Waals surface area contributed by atoms with E-state index in [-0.39, 0.29) is 0 Å². The van der Waals surface area contributed by atoms with E-state index >= 15 is 0 Å². The fourth-order valence-corrected chi connectivity index (χ4v) is 1.84. The molecule has 0 saturated heterocycles. The summed E-state index contributed by atoms with van der Waals surface area (Å²) >= 11 is 0. The molecule has 0 aliphatic heterocycles. The highest BCUT2D eigenvalue weighted by Gasteiger charge is 1.92. The molecular formula is C18H19NO. The van der Waals surface area contributed by atoms with Gasteiger partial charge in [-0.3, -0.25) is 0 Å². The molecule has 0 radical (unpaired) electrons. The summed E-state index contributed by atoms with van der Waals surface area (Å²) in [6.45, 7) is 0. The van der Waals surface area contributed by atoms with Crippen molar-refractivity contribution in [2.45, 2.75) is 0 Å². The summed E-state index contributed by atoms with van der Waals surface area (Å²) in [7, 11) is 3.57. The summed E-state index contributed by atoms with van der Waals surface area (Å²) in [5.41, 5.74) is 3.48. The first-order valence-corrected chi connectivity index (χ1v) is 6.58. The minimum Gasteiger partial charge on any atom is -0.497 e. The number of nitrogens with one attached hydrogen (secondary N) is 1. The number of hydrogen-bond donors (Lipinski definition) is 1. The second kappa shape index (κ2) is 7.19. The van der Waals surface area contributed by atoms with E-state index in [1.54, 1.807) is 7.11 Å². The van der Waals surface area contributed by atoms with Crippen molar-refractivity contribution in [1.29, 1.82) is 0 Å². The molecule has 0 heterocycles. The molecule has 0 saturated carbocycles. The molecule has 2 rings (SSSR count). The lowest BCUT2D eigenvalue weighted by atomic mass is 10.1. The Kier molecular flexibility index (Phi) is 5.01. The van der Waals surface area contributed by atoms with Crippen molar-refractivity contribution in [2.24, 2.45) is 0 Å². The molecule has 20 heavy (non-hydrogen) atoms. The summed E-state index contributed by atoms with van der Waals surface area (Å²) in [6, 6.07) is 16.4. The zero-order valence-corrected chi connectivity index (χ0v) is 11.8. The van der Waals surface area contributed by atoms with Gasteiger partial charge in [0.15, 0.2) is 0 Å². The van der Waals surface area contributed by atoms with Crippen molar-refractivity contribution >= 4 is 18.2 Å². The molecule has 0 aromatic heterocycles. The van der Waals surface area contributed by atoms with E-state index in [4.69, 9.17) is 4.74 Å². The van der Waals surface area contributed by atoms with Crippen molar-refractivity contribution in [3.63, 3.8) is 0 Å². The minimum absolute atomic E-state index is 0.875. The van der Waals surface area contributed by atoms with Gasteiger partial charge in [-0.1, -0.05) is 48.6 Å². The largest absolute Gasteiger partial charge is 0.497 e. The first kappa shape index (κ1) is 13.9. The maximum Gasteiger partial charge on any atom is 0.119 e. The Hall–Kier alpha value is -2.48.